The van der Waals surface area contributed by atoms with Gasteiger partial charge in [0.05, 0.1) is 6.04 Å². The van der Waals surface area contributed by atoms with Gasteiger partial charge in [-0.05, 0) is 31.9 Å². The third kappa shape index (κ3) is 5.75. The molecule has 0 aromatic carbocycles. The Kier molecular flexibility index (Phi) is 6.74. The number of nitrogens with zero attached hydrogens (tertiary/aromatic N) is 2. The van der Waals surface area contributed by atoms with Crippen molar-refractivity contribution in [3.05, 3.63) is 24.3 Å². The van der Waals surface area contributed by atoms with E-state index in [1.165, 1.54) is 0 Å². The molecule has 1 rings (SSSR count). The van der Waals surface area contributed by atoms with E-state index in [-0.39, 0.29) is 6.04 Å². The molecule has 4 nitrogen and oxygen atoms in total. The molecule has 1 aromatic heterocycles. The molecule has 17 heavy (non-hydrogen) atoms. The average molecular weight is 237 g/mol. The lowest BCUT2D eigenvalue weighted by Gasteiger charge is -2.14. The van der Waals surface area contributed by atoms with Gasteiger partial charge in [0.1, 0.15) is 5.82 Å². The van der Waals surface area contributed by atoms with Crippen LogP contribution in [-0.2, 0) is 4.74 Å². The van der Waals surface area contributed by atoms with E-state index >= 15 is 0 Å². The molecule has 0 amide bonds. The van der Waals surface area contributed by atoms with Crippen molar-refractivity contribution in [1.29, 1.82) is 0 Å². The van der Waals surface area contributed by atoms with E-state index in [0.717, 1.165) is 31.9 Å². The van der Waals surface area contributed by atoms with E-state index in [9.17, 15) is 0 Å². The van der Waals surface area contributed by atoms with Crippen molar-refractivity contribution in [3.63, 3.8) is 0 Å². The summed E-state index contributed by atoms with van der Waals surface area (Å²) < 4.78 is 5.60. The highest BCUT2D eigenvalue weighted by Crippen LogP contribution is 2.10. The lowest BCUT2D eigenvalue weighted by atomic mass is 10.1. The van der Waals surface area contributed by atoms with Crippen molar-refractivity contribution in [1.82, 2.24) is 15.3 Å². The first-order chi connectivity index (χ1) is 8.24. The normalized spacial score (nSPS) is 12.9. The Morgan fingerprint density at radius 1 is 1.18 bits per heavy atom. The monoisotopic (exact) mass is 237 g/mol. The van der Waals surface area contributed by atoms with Crippen molar-refractivity contribution < 1.29 is 4.74 Å². The zero-order valence-corrected chi connectivity index (χ0v) is 11.0. The molecule has 0 aliphatic heterocycles. The van der Waals surface area contributed by atoms with Crippen molar-refractivity contribution in [2.75, 3.05) is 20.3 Å². The Hall–Kier alpha value is -1.00. The van der Waals surface area contributed by atoms with Gasteiger partial charge in [-0.1, -0.05) is 13.8 Å². The molecule has 0 bridgehead atoms. The summed E-state index contributed by atoms with van der Waals surface area (Å²) in [5.41, 5.74) is 0. The minimum Gasteiger partial charge on any atom is -0.381 e. The summed E-state index contributed by atoms with van der Waals surface area (Å²) in [6.45, 7) is 6.00. The molecule has 0 aliphatic carbocycles. The van der Waals surface area contributed by atoms with Crippen LogP contribution in [0.25, 0.3) is 0 Å². The summed E-state index contributed by atoms with van der Waals surface area (Å²) in [4.78, 5) is 8.50. The molecule has 0 saturated carbocycles. The first-order valence-electron chi connectivity index (χ1n) is 6.26. The highest BCUT2D eigenvalue weighted by Gasteiger charge is 2.11. The van der Waals surface area contributed by atoms with Gasteiger partial charge in [0.2, 0.25) is 0 Å². The van der Waals surface area contributed by atoms with Gasteiger partial charge in [-0.3, -0.25) is 0 Å². The summed E-state index contributed by atoms with van der Waals surface area (Å²) in [5, 5.41) is 3.21. The molecule has 0 aliphatic rings. The van der Waals surface area contributed by atoms with Gasteiger partial charge in [0, 0.05) is 25.6 Å². The van der Waals surface area contributed by atoms with E-state index in [1.807, 2.05) is 13.1 Å². The van der Waals surface area contributed by atoms with Gasteiger partial charge in [0.25, 0.3) is 0 Å². The van der Waals surface area contributed by atoms with Gasteiger partial charge in [0.15, 0.2) is 0 Å². The lowest BCUT2D eigenvalue weighted by Crippen LogP contribution is -2.20. The summed E-state index contributed by atoms with van der Waals surface area (Å²) >= 11 is 0. The van der Waals surface area contributed by atoms with Crippen LogP contribution in [0.1, 0.15) is 38.6 Å². The maximum absolute atomic E-state index is 5.60. The number of ether oxygens (including phenoxy) is 1. The van der Waals surface area contributed by atoms with Crippen LogP contribution in [0.2, 0.25) is 0 Å². The average Bonchev–Trinajstić information content (AvgIpc) is 2.34. The van der Waals surface area contributed by atoms with Crippen LogP contribution in [0.5, 0.6) is 0 Å². The fourth-order valence-corrected chi connectivity index (χ4v) is 1.52. The fourth-order valence-electron chi connectivity index (χ4n) is 1.52. The Morgan fingerprint density at radius 2 is 1.82 bits per heavy atom. The minimum atomic E-state index is 0.176. The highest BCUT2D eigenvalue weighted by atomic mass is 16.5. The number of hydrogen-bond acceptors (Lipinski definition) is 4. The Bertz CT molecular complexity index is 290. The first-order valence-corrected chi connectivity index (χ1v) is 6.26. The Balaban J connectivity index is 2.24. The maximum Gasteiger partial charge on any atom is 0.145 e. The summed E-state index contributed by atoms with van der Waals surface area (Å²) in [6.07, 6.45) is 5.56. The fraction of sp³-hybridized carbons (Fsp3) is 0.692. The Morgan fingerprint density at radius 3 is 2.41 bits per heavy atom. The summed E-state index contributed by atoms with van der Waals surface area (Å²) in [5.74, 6) is 1.54. The standard InChI is InChI=1S/C13H23N3O/c1-11(2)5-9-17-10-6-12(14-3)13-15-7-4-8-16-13/h4,7-8,11-12,14H,5-6,9-10H2,1-3H3. The van der Waals surface area contributed by atoms with Gasteiger partial charge in [-0.2, -0.15) is 0 Å². The second kappa shape index (κ2) is 8.14. The molecule has 0 fully saturated rings. The molecular weight excluding hydrogens is 214 g/mol. The molecule has 0 saturated heterocycles. The molecule has 4 heteroatoms. The number of hydrogen-bond donors (Lipinski definition) is 1. The van der Waals surface area contributed by atoms with Crippen LogP contribution in [0, 0.1) is 5.92 Å². The SMILES string of the molecule is CNC(CCOCCC(C)C)c1ncccn1. The van der Waals surface area contributed by atoms with Gasteiger partial charge >= 0.3 is 0 Å². The van der Waals surface area contributed by atoms with Crippen LogP contribution in [0.3, 0.4) is 0 Å². The number of rotatable bonds is 8. The second-order valence-corrected chi connectivity index (χ2v) is 4.53. The predicted molar refractivity (Wildman–Crippen MR) is 68.7 cm³/mol. The third-order valence-corrected chi connectivity index (χ3v) is 2.64. The van der Waals surface area contributed by atoms with Crippen molar-refractivity contribution >= 4 is 0 Å². The van der Waals surface area contributed by atoms with Gasteiger partial charge in [-0.15, -0.1) is 0 Å². The van der Waals surface area contributed by atoms with Crippen molar-refractivity contribution in [3.8, 4) is 0 Å². The third-order valence-electron chi connectivity index (χ3n) is 2.64. The highest BCUT2D eigenvalue weighted by molar-refractivity contribution is 4.95. The quantitative estimate of drug-likeness (QED) is 0.704. The molecule has 0 radical (unpaired) electrons. The molecule has 96 valence electrons. The smallest absolute Gasteiger partial charge is 0.145 e. The maximum atomic E-state index is 5.60. The Labute approximate surface area is 104 Å². The topological polar surface area (TPSA) is 47.0 Å². The zero-order valence-electron chi connectivity index (χ0n) is 11.0. The number of aromatic nitrogens is 2. The zero-order chi connectivity index (χ0) is 12.5. The predicted octanol–water partition coefficient (Wildman–Crippen LogP) is 2.19. The van der Waals surface area contributed by atoms with E-state index in [2.05, 4.69) is 29.1 Å². The van der Waals surface area contributed by atoms with Crippen LogP contribution in [-0.4, -0.2) is 30.2 Å². The minimum absolute atomic E-state index is 0.176. The molecule has 1 heterocycles. The van der Waals surface area contributed by atoms with Crippen LogP contribution in [0.15, 0.2) is 18.5 Å². The number of nitrogens with one attached hydrogen (secondary N) is 1. The van der Waals surface area contributed by atoms with Gasteiger partial charge in [-0.25, -0.2) is 9.97 Å². The van der Waals surface area contributed by atoms with Crippen LogP contribution < -0.4 is 5.32 Å². The largest absolute Gasteiger partial charge is 0.381 e. The van der Waals surface area contributed by atoms with Crippen LogP contribution >= 0.6 is 0 Å². The van der Waals surface area contributed by atoms with E-state index in [0.29, 0.717) is 5.92 Å². The molecule has 1 unspecified atom stereocenters. The lowest BCUT2D eigenvalue weighted by molar-refractivity contribution is 0.114. The molecule has 0 spiro atoms. The second-order valence-electron chi connectivity index (χ2n) is 4.53. The van der Waals surface area contributed by atoms with E-state index in [4.69, 9.17) is 4.74 Å². The summed E-state index contributed by atoms with van der Waals surface area (Å²) in [7, 11) is 1.93. The van der Waals surface area contributed by atoms with Crippen molar-refractivity contribution in [2.24, 2.45) is 5.92 Å². The molecular formula is C13H23N3O. The van der Waals surface area contributed by atoms with E-state index in [1.54, 1.807) is 12.4 Å². The van der Waals surface area contributed by atoms with E-state index < -0.39 is 0 Å². The molecule has 1 N–H and O–H groups in total. The first kappa shape index (κ1) is 14.1. The van der Waals surface area contributed by atoms with Crippen molar-refractivity contribution in [2.45, 2.75) is 32.7 Å². The van der Waals surface area contributed by atoms with Gasteiger partial charge < -0.3 is 10.1 Å². The molecule has 1 aromatic rings. The molecule has 1 atom stereocenters. The summed E-state index contributed by atoms with van der Waals surface area (Å²) in [6, 6.07) is 2.00. The van der Waals surface area contributed by atoms with Crippen LogP contribution in [0.4, 0.5) is 0 Å².